The molecule has 1 aliphatic carbocycles. The minimum atomic E-state index is -0.192. The molecular formula is C16H21FN2S. The first-order chi connectivity index (χ1) is 9.67. The van der Waals surface area contributed by atoms with Crippen molar-refractivity contribution in [1.82, 2.24) is 5.32 Å². The zero-order valence-corrected chi connectivity index (χ0v) is 12.7. The van der Waals surface area contributed by atoms with Gasteiger partial charge in [-0.05, 0) is 37.5 Å². The van der Waals surface area contributed by atoms with Gasteiger partial charge in [0.2, 0.25) is 0 Å². The number of rotatable bonds is 2. The summed E-state index contributed by atoms with van der Waals surface area (Å²) in [6.07, 6.45) is 6.56. The van der Waals surface area contributed by atoms with E-state index in [1.165, 1.54) is 44.2 Å². The number of aliphatic imine (C=N–C) groups is 1. The maximum Gasteiger partial charge on any atom is 0.157 e. The molecule has 1 saturated carbocycles. The van der Waals surface area contributed by atoms with Crippen LogP contribution in [0.15, 0.2) is 29.3 Å². The van der Waals surface area contributed by atoms with E-state index in [0.717, 1.165) is 16.5 Å². The fourth-order valence-electron chi connectivity index (χ4n) is 3.06. The molecule has 1 spiro atoms. The third kappa shape index (κ3) is 3.00. The van der Waals surface area contributed by atoms with Gasteiger partial charge in [-0.25, -0.2) is 4.39 Å². The van der Waals surface area contributed by atoms with Crippen LogP contribution in [0.4, 0.5) is 4.39 Å². The van der Waals surface area contributed by atoms with Gasteiger partial charge in [-0.2, -0.15) is 0 Å². The van der Waals surface area contributed by atoms with Crippen LogP contribution in [0.3, 0.4) is 0 Å². The van der Waals surface area contributed by atoms with Crippen molar-refractivity contribution >= 4 is 16.9 Å². The molecule has 2 aliphatic rings. The van der Waals surface area contributed by atoms with Crippen molar-refractivity contribution in [2.45, 2.75) is 50.6 Å². The molecule has 0 aromatic heterocycles. The Morgan fingerprint density at radius 3 is 2.60 bits per heavy atom. The highest BCUT2D eigenvalue weighted by molar-refractivity contribution is 8.14. The summed E-state index contributed by atoms with van der Waals surface area (Å²) < 4.78 is 12.9. The third-order valence-corrected chi connectivity index (χ3v) is 5.51. The summed E-state index contributed by atoms with van der Waals surface area (Å²) in [6, 6.07) is 6.72. The van der Waals surface area contributed by atoms with E-state index < -0.39 is 0 Å². The standard InChI is InChI=1S/C16H21FN2S/c1-12(13-5-7-14(17)8-6-13)18-15-19-16(11-20-15)9-3-2-4-10-16/h5-8,12H,2-4,9-11H2,1H3,(H,18,19). The zero-order chi connectivity index (χ0) is 14.0. The molecule has 3 rings (SSSR count). The van der Waals surface area contributed by atoms with Gasteiger partial charge in [0, 0.05) is 11.3 Å². The SMILES string of the molecule is CC(N=C1NC2(CCCCC2)CS1)c1ccc(F)cc1. The average molecular weight is 292 g/mol. The van der Waals surface area contributed by atoms with Crippen LogP contribution >= 0.6 is 11.8 Å². The van der Waals surface area contributed by atoms with Gasteiger partial charge in [0.15, 0.2) is 5.17 Å². The molecule has 0 radical (unpaired) electrons. The van der Waals surface area contributed by atoms with Gasteiger partial charge in [0.05, 0.1) is 6.04 Å². The topological polar surface area (TPSA) is 24.4 Å². The molecule has 1 atom stereocenters. The lowest BCUT2D eigenvalue weighted by molar-refractivity contribution is 0.303. The summed E-state index contributed by atoms with van der Waals surface area (Å²) >= 11 is 1.84. The zero-order valence-electron chi connectivity index (χ0n) is 11.9. The van der Waals surface area contributed by atoms with Gasteiger partial charge < -0.3 is 5.32 Å². The van der Waals surface area contributed by atoms with Crippen molar-refractivity contribution in [3.8, 4) is 0 Å². The molecule has 108 valence electrons. The molecule has 1 aromatic rings. The van der Waals surface area contributed by atoms with Crippen LogP contribution in [0.5, 0.6) is 0 Å². The van der Waals surface area contributed by atoms with E-state index in [1.807, 2.05) is 23.9 Å². The molecule has 1 N–H and O–H groups in total. The second kappa shape index (κ2) is 5.76. The molecule has 1 aromatic carbocycles. The highest BCUT2D eigenvalue weighted by Crippen LogP contribution is 2.36. The Balaban J connectivity index is 1.68. The Labute approximate surface area is 124 Å². The van der Waals surface area contributed by atoms with Crippen LogP contribution in [0.25, 0.3) is 0 Å². The second-order valence-electron chi connectivity index (χ2n) is 5.92. The van der Waals surface area contributed by atoms with Gasteiger partial charge in [-0.3, -0.25) is 4.99 Å². The predicted octanol–water partition coefficient (Wildman–Crippen LogP) is 4.28. The first-order valence-corrected chi connectivity index (χ1v) is 8.40. The lowest BCUT2D eigenvalue weighted by Gasteiger charge is -2.32. The van der Waals surface area contributed by atoms with Gasteiger partial charge >= 0.3 is 0 Å². The molecule has 0 amide bonds. The van der Waals surface area contributed by atoms with Crippen LogP contribution in [-0.4, -0.2) is 16.5 Å². The second-order valence-corrected chi connectivity index (χ2v) is 6.88. The Hall–Kier alpha value is -1.03. The van der Waals surface area contributed by atoms with Crippen LogP contribution in [0.2, 0.25) is 0 Å². The molecule has 1 unspecified atom stereocenters. The fraction of sp³-hybridized carbons (Fsp3) is 0.562. The highest BCUT2D eigenvalue weighted by Gasteiger charge is 2.38. The van der Waals surface area contributed by atoms with Crippen molar-refractivity contribution in [3.05, 3.63) is 35.6 Å². The lowest BCUT2D eigenvalue weighted by atomic mass is 9.83. The summed E-state index contributed by atoms with van der Waals surface area (Å²) in [6.45, 7) is 2.06. The molecule has 2 nitrogen and oxygen atoms in total. The quantitative estimate of drug-likeness (QED) is 0.879. The molecule has 1 saturated heterocycles. The first-order valence-electron chi connectivity index (χ1n) is 7.41. The number of nitrogens with zero attached hydrogens (tertiary/aromatic N) is 1. The fourth-order valence-corrected chi connectivity index (χ4v) is 4.36. The summed E-state index contributed by atoms with van der Waals surface area (Å²) in [4.78, 5) is 4.77. The number of benzene rings is 1. The first kappa shape index (κ1) is 13.9. The lowest BCUT2D eigenvalue weighted by Crippen LogP contribution is -2.45. The van der Waals surface area contributed by atoms with Crippen molar-refractivity contribution in [2.75, 3.05) is 5.75 Å². The molecule has 1 heterocycles. The van der Waals surface area contributed by atoms with E-state index in [0.29, 0.717) is 5.54 Å². The van der Waals surface area contributed by atoms with Gasteiger partial charge in [0.1, 0.15) is 5.82 Å². The van der Waals surface area contributed by atoms with Crippen molar-refractivity contribution < 1.29 is 4.39 Å². The van der Waals surface area contributed by atoms with Crippen LogP contribution < -0.4 is 5.32 Å². The van der Waals surface area contributed by atoms with Crippen LogP contribution in [0.1, 0.15) is 50.6 Å². The summed E-state index contributed by atoms with van der Waals surface area (Å²) in [5.74, 6) is 0.949. The normalized spacial score (nSPS) is 24.8. The van der Waals surface area contributed by atoms with Gasteiger partial charge in [0.25, 0.3) is 0 Å². The molecule has 1 aliphatic heterocycles. The molecule has 20 heavy (non-hydrogen) atoms. The Morgan fingerprint density at radius 2 is 1.90 bits per heavy atom. The number of amidine groups is 1. The summed E-state index contributed by atoms with van der Waals surface area (Å²) in [5.41, 5.74) is 1.36. The van der Waals surface area contributed by atoms with E-state index in [1.54, 1.807) is 0 Å². The van der Waals surface area contributed by atoms with Crippen LogP contribution in [-0.2, 0) is 0 Å². The van der Waals surface area contributed by atoms with Crippen LogP contribution in [0, 0.1) is 5.82 Å². The van der Waals surface area contributed by atoms with Gasteiger partial charge in [-0.1, -0.05) is 43.2 Å². The van der Waals surface area contributed by atoms with E-state index in [4.69, 9.17) is 4.99 Å². The monoisotopic (exact) mass is 292 g/mol. The minimum Gasteiger partial charge on any atom is -0.359 e. The maximum absolute atomic E-state index is 12.9. The third-order valence-electron chi connectivity index (χ3n) is 4.33. The summed E-state index contributed by atoms with van der Waals surface area (Å²) in [5, 5.41) is 4.72. The number of halogens is 1. The number of hydrogen-bond donors (Lipinski definition) is 1. The van der Waals surface area contributed by atoms with E-state index in [2.05, 4.69) is 12.2 Å². The largest absolute Gasteiger partial charge is 0.359 e. The average Bonchev–Trinajstić information content (AvgIpc) is 2.83. The Bertz CT molecular complexity index is 492. The number of nitrogens with one attached hydrogen (secondary N) is 1. The Kier molecular flexibility index (Phi) is 4.01. The maximum atomic E-state index is 12.9. The molecule has 2 fully saturated rings. The summed E-state index contributed by atoms with van der Waals surface area (Å²) in [7, 11) is 0. The van der Waals surface area contributed by atoms with Crippen molar-refractivity contribution in [2.24, 2.45) is 4.99 Å². The van der Waals surface area contributed by atoms with Crippen molar-refractivity contribution in [1.29, 1.82) is 0 Å². The smallest absolute Gasteiger partial charge is 0.157 e. The number of hydrogen-bond acceptors (Lipinski definition) is 2. The van der Waals surface area contributed by atoms with Gasteiger partial charge in [-0.15, -0.1) is 0 Å². The van der Waals surface area contributed by atoms with Crippen molar-refractivity contribution in [3.63, 3.8) is 0 Å². The molecule has 4 heteroatoms. The minimum absolute atomic E-state index is 0.0735. The highest BCUT2D eigenvalue weighted by atomic mass is 32.2. The molecular weight excluding hydrogens is 271 g/mol. The molecule has 0 bridgehead atoms. The van der Waals surface area contributed by atoms with E-state index in [-0.39, 0.29) is 11.9 Å². The van der Waals surface area contributed by atoms with E-state index >= 15 is 0 Å². The Morgan fingerprint density at radius 1 is 1.20 bits per heavy atom. The van der Waals surface area contributed by atoms with E-state index in [9.17, 15) is 4.39 Å². The number of thioether (sulfide) groups is 1. The predicted molar refractivity (Wildman–Crippen MR) is 83.7 cm³/mol.